The van der Waals surface area contributed by atoms with Gasteiger partial charge in [-0.25, -0.2) is 4.68 Å². The van der Waals surface area contributed by atoms with E-state index in [0.717, 1.165) is 12.6 Å². The topological polar surface area (TPSA) is 46.9 Å². The molecule has 2 rings (SSSR count). The Morgan fingerprint density at radius 2 is 1.93 bits per heavy atom. The Labute approximate surface area is 161 Å². The first-order chi connectivity index (χ1) is 12.9. The predicted molar refractivity (Wildman–Crippen MR) is 99.6 cm³/mol. The number of para-hydroxylation sites is 1. The lowest BCUT2D eigenvalue weighted by Crippen LogP contribution is -2.20. The monoisotopic (exact) mass is 397 g/mol. The molecule has 0 aliphatic heterocycles. The minimum Gasteiger partial charge on any atom is -0.322 e. The van der Waals surface area contributed by atoms with E-state index < -0.39 is 29.3 Å². The van der Waals surface area contributed by atoms with E-state index in [2.05, 4.69) is 17.0 Å². The number of aryl methyl sites for hydroxylation is 1. The molecule has 0 aliphatic rings. The number of hydrogen-bond acceptors (Lipinski definition) is 2. The first-order valence-corrected chi connectivity index (χ1v) is 8.71. The summed E-state index contributed by atoms with van der Waals surface area (Å²) in [7, 11) is 1.01. The van der Waals surface area contributed by atoms with E-state index in [1.165, 1.54) is 0 Å². The van der Waals surface area contributed by atoms with E-state index in [9.17, 15) is 22.4 Å². The molecular formula is C20H23F4N3O. The molecule has 8 heteroatoms. The molecule has 2 aromatic rings. The van der Waals surface area contributed by atoms with E-state index in [1.807, 2.05) is 26.8 Å². The molecular weight excluding hydrogens is 374 g/mol. The van der Waals surface area contributed by atoms with Crippen molar-refractivity contribution in [2.45, 2.75) is 39.3 Å². The molecule has 1 atom stereocenters. The highest BCUT2D eigenvalue weighted by Gasteiger charge is 2.41. The molecule has 4 nitrogen and oxygen atoms in total. The van der Waals surface area contributed by atoms with Crippen LogP contribution in [0.1, 0.15) is 54.7 Å². The molecule has 0 fully saturated rings. The quantitative estimate of drug-likeness (QED) is 0.514. The Bertz CT molecular complexity index is 884. The predicted octanol–water partition coefficient (Wildman–Crippen LogP) is 5.54. The Morgan fingerprint density at radius 1 is 1.32 bits per heavy atom. The maximum absolute atomic E-state index is 14.2. The highest BCUT2D eigenvalue weighted by Crippen LogP contribution is 2.36. The minimum absolute atomic E-state index is 0.0228. The van der Waals surface area contributed by atoms with Crippen molar-refractivity contribution < 1.29 is 22.4 Å². The van der Waals surface area contributed by atoms with Crippen molar-refractivity contribution >= 4 is 11.6 Å². The minimum atomic E-state index is -4.95. The fraction of sp³-hybridized carbons (Fsp3) is 0.400. The highest BCUT2D eigenvalue weighted by atomic mass is 19.4. The van der Waals surface area contributed by atoms with Gasteiger partial charge in [0.25, 0.3) is 5.91 Å². The summed E-state index contributed by atoms with van der Waals surface area (Å²) in [5.74, 6) is -2.56. The Morgan fingerprint density at radius 3 is 2.50 bits per heavy atom. The number of anilines is 1. The number of benzene rings is 1. The second kappa shape index (κ2) is 7.77. The zero-order valence-electron chi connectivity index (χ0n) is 16.2. The molecule has 1 heterocycles. The number of nitrogens with one attached hydrogen (secondary N) is 1. The van der Waals surface area contributed by atoms with Crippen molar-refractivity contribution in [1.29, 1.82) is 0 Å². The van der Waals surface area contributed by atoms with E-state index >= 15 is 0 Å². The summed E-state index contributed by atoms with van der Waals surface area (Å²) >= 11 is 0. The lowest BCUT2D eigenvalue weighted by Gasteiger charge is -2.26. The summed E-state index contributed by atoms with van der Waals surface area (Å²) in [5.41, 5.74) is -1.78. The van der Waals surface area contributed by atoms with Crippen LogP contribution in [0.2, 0.25) is 0 Å². The van der Waals surface area contributed by atoms with Crippen LogP contribution >= 0.6 is 0 Å². The fourth-order valence-electron chi connectivity index (χ4n) is 3.11. The van der Waals surface area contributed by atoms with Crippen LogP contribution in [0.15, 0.2) is 36.9 Å². The van der Waals surface area contributed by atoms with E-state index in [1.54, 1.807) is 24.3 Å². The number of aromatic nitrogens is 2. The van der Waals surface area contributed by atoms with E-state index in [4.69, 9.17) is 0 Å². The second-order valence-corrected chi connectivity index (χ2v) is 7.48. The summed E-state index contributed by atoms with van der Waals surface area (Å²) in [6.45, 7) is 9.78. The van der Waals surface area contributed by atoms with Crippen LogP contribution in [-0.4, -0.2) is 15.7 Å². The van der Waals surface area contributed by atoms with Crippen molar-refractivity contribution in [3.8, 4) is 0 Å². The molecule has 0 spiro atoms. The third kappa shape index (κ3) is 4.61. The van der Waals surface area contributed by atoms with Crippen LogP contribution in [0.3, 0.4) is 0 Å². The van der Waals surface area contributed by atoms with Crippen LogP contribution in [0, 0.1) is 11.4 Å². The van der Waals surface area contributed by atoms with Gasteiger partial charge in [-0.2, -0.15) is 22.7 Å². The van der Waals surface area contributed by atoms with Gasteiger partial charge < -0.3 is 5.32 Å². The Kier molecular flexibility index (Phi) is 6.01. The maximum atomic E-state index is 14.2. The molecule has 1 amide bonds. The van der Waals surface area contributed by atoms with Crippen LogP contribution in [0.25, 0.3) is 0 Å². The van der Waals surface area contributed by atoms with Gasteiger partial charge in [-0.1, -0.05) is 45.0 Å². The largest absolute Gasteiger partial charge is 0.436 e. The molecule has 0 aliphatic carbocycles. The van der Waals surface area contributed by atoms with Crippen LogP contribution in [-0.2, 0) is 13.2 Å². The number of halogens is 4. The molecule has 1 aromatic carbocycles. The zero-order chi connectivity index (χ0) is 21.3. The molecule has 0 saturated heterocycles. The van der Waals surface area contributed by atoms with Gasteiger partial charge in [-0.3, -0.25) is 4.79 Å². The Hall–Kier alpha value is -2.64. The summed E-state index contributed by atoms with van der Waals surface area (Å²) in [6.07, 6.45) is -2.42. The van der Waals surface area contributed by atoms with Crippen LogP contribution in [0.4, 0.5) is 23.2 Å². The third-order valence-corrected chi connectivity index (χ3v) is 4.60. The number of allylic oxidation sites excluding steroid dienone is 1. The number of rotatable bonds is 6. The molecule has 0 saturated carbocycles. The van der Waals surface area contributed by atoms with Gasteiger partial charge in [0.1, 0.15) is 5.56 Å². The smallest absolute Gasteiger partial charge is 0.322 e. The van der Waals surface area contributed by atoms with Crippen molar-refractivity contribution in [2.75, 3.05) is 5.32 Å². The number of carbonyl (C=O) groups is 1. The average Bonchev–Trinajstić information content (AvgIpc) is 2.90. The van der Waals surface area contributed by atoms with Crippen molar-refractivity contribution in [3.05, 3.63) is 59.7 Å². The van der Waals surface area contributed by atoms with Gasteiger partial charge >= 0.3 is 6.18 Å². The lowest BCUT2D eigenvalue weighted by molar-refractivity contribution is -0.141. The molecule has 152 valence electrons. The van der Waals surface area contributed by atoms with Crippen molar-refractivity contribution in [2.24, 2.45) is 12.5 Å². The highest BCUT2D eigenvalue weighted by molar-refractivity contribution is 6.05. The third-order valence-electron chi connectivity index (χ3n) is 4.60. The molecule has 28 heavy (non-hydrogen) atoms. The van der Waals surface area contributed by atoms with E-state index in [0.29, 0.717) is 16.8 Å². The SMILES string of the molecule is C=CC(C)(C)CC(C)c1ccccc1NC(=O)c1c(C(F)(F)F)nn(C)c1F. The van der Waals surface area contributed by atoms with Gasteiger partial charge in [0.05, 0.1) is 0 Å². The number of nitrogens with zero attached hydrogens (tertiary/aromatic N) is 2. The van der Waals surface area contributed by atoms with Gasteiger partial charge in [0, 0.05) is 12.7 Å². The average molecular weight is 397 g/mol. The summed E-state index contributed by atoms with van der Waals surface area (Å²) in [6, 6.07) is 6.78. The number of carbonyl (C=O) groups excluding carboxylic acids is 1. The summed E-state index contributed by atoms with van der Waals surface area (Å²) in [4.78, 5) is 12.5. The molecule has 1 N–H and O–H groups in total. The summed E-state index contributed by atoms with van der Waals surface area (Å²) in [5, 5.41) is 5.53. The van der Waals surface area contributed by atoms with Crippen molar-refractivity contribution in [3.63, 3.8) is 0 Å². The van der Waals surface area contributed by atoms with Gasteiger partial charge in [0.2, 0.25) is 5.95 Å². The number of amides is 1. The molecule has 0 radical (unpaired) electrons. The fourth-order valence-corrected chi connectivity index (χ4v) is 3.11. The zero-order valence-corrected chi connectivity index (χ0v) is 16.2. The molecule has 0 bridgehead atoms. The van der Waals surface area contributed by atoms with Gasteiger partial charge in [-0.15, -0.1) is 6.58 Å². The van der Waals surface area contributed by atoms with E-state index in [-0.39, 0.29) is 11.3 Å². The first kappa shape index (κ1) is 21.7. The first-order valence-electron chi connectivity index (χ1n) is 8.71. The van der Waals surface area contributed by atoms with Crippen LogP contribution in [0.5, 0.6) is 0 Å². The normalized spacial score (nSPS) is 13.3. The maximum Gasteiger partial charge on any atom is 0.436 e. The number of alkyl halides is 3. The lowest BCUT2D eigenvalue weighted by atomic mass is 9.80. The van der Waals surface area contributed by atoms with Crippen molar-refractivity contribution in [1.82, 2.24) is 9.78 Å². The molecule has 1 aromatic heterocycles. The second-order valence-electron chi connectivity index (χ2n) is 7.48. The summed E-state index contributed by atoms with van der Waals surface area (Å²) < 4.78 is 54.0. The van der Waals surface area contributed by atoms with Crippen LogP contribution < -0.4 is 5.32 Å². The van der Waals surface area contributed by atoms with Gasteiger partial charge in [-0.05, 0) is 29.4 Å². The standard InChI is InChI=1S/C20H23F4N3O/c1-6-19(3,4)11-12(2)13-9-7-8-10-14(13)25-18(28)15-16(20(22,23)24)26-27(5)17(15)21/h6-10,12H,1,11H2,2-5H3,(H,25,28). The Balaban J connectivity index is 2.38. The molecule has 1 unspecified atom stereocenters. The van der Waals surface area contributed by atoms with Gasteiger partial charge in [0.15, 0.2) is 5.69 Å². The number of hydrogen-bond donors (Lipinski definition) is 1.